The molecule has 2 rings (SSSR count). The van der Waals surface area contributed by atoms with Crippen molar-refractivity contribution in [1.82, 2.24) is 10.3 Å². The fourth-order valence-corrected chi connectivity index (χ4v) is 1.58. The van der Waals surface area contributed by atoms with Crippen LogP contribution in [0.15, 0.2) is 36.5 Å². The van der Waals surface area contributed by atoms with Crippen molar-refractivity contribution >= 4 is 0 Å². The minimum absolute atomic E-state index is 0.114. The van der Waals surface area contributed by atoms with Crippen LogP contribution in [0.4, 0.5) is 8.78 Å². The Bertz CT molecular complexity index is 575. The second kappa shape index (κ2) is 5.75. The molecule has 0 spiro atoms. The lowest BCUT2D eigenvalue weighted by Gasteiger charge is -2.12. The summed E-state index contributed by atoms with van der Waals surface area (Å²) < 4.78 is 31.8. The Morgan fingerprint density at radius 3 is 2.74 bits per heavy atom. The van der Waals surface area contributed by atoms with E-state index in [9.17, 15) is 8.78 Å². The summed E-state index contributed by atoms with van der Waals surface area (Å²) in [6.45, 7) is 1.97. The van der Waals surface area contributed by atoms with E-state index in [0.29, 0.717) is 0 Å². The maximum Gasteiger partial charge on any atom is 0.219 e. The number of nitrogens with one attached hydrogen (secondary N) is 1. The van der Waals surface area contributed by atoms with Crippen molar-refractivity contribution in [2.45, 2.75) is 13.0 Å². The maximum absolute atomic E-state index is 13.4. The summed E-state index contributed by atoms with van der Waals surface area (Å²) in [6, 6.07) is 6.68. The molecule has 0 aliphatic heterocycles. The number of rotatable bonds is 4. The second-order valence-electron chi connectivity index (χ2n) is 4.11. The molecule has 1 aromatic carbocycles. The summed E-state index contributed by atoms with van der Waals surface area (Å²) in [5.41, 5.74) is 0.948. The highest BCUT2D eigenvalue weighted by Gasteiger charge is 2.09. The Morgan fingerprint density at radius 2 is 2.00 bits per heavy atom. The Hall–Kier alpha value is -2.01. The van der Waals surface area contributed by atoms with Crippen LogP contribution in [0.1, 0.15) is 18.5 Å². The van der Waals surface area contributed by atoms with Crippen molar-refractivity contribution in [3.63, 3.8) is 0 Å². The van der Waals surface area contributed by atoms with E-state index in [-0.39, 0.29) is 17.7 Å². The topological polar surface area (TPSA) is 34.2 Å². The number of benzene rings is 1. The first-order valence-corrected chi connectivity index (χ1v) is 5.86. The molecule has 19 heavy (non-hydrogen) atoms. The lowest BCUT2D eigenvalue weighted by atomic mass is 10.1. The molecule has 0 saturated carbocycles. The van der Waals surface area contributed by atoms with Gasteiger partial charge in [-0.3, -0.25) is 0 Å². The van der Waals surface area contributed by atoms with Gasteiger partial charge in [-0.15, -0.1) is 0 Å². The molecule has 5 heteroatoms. The molecule has 1 unspecified atom stereocenters. The molecule has 1 heterocycles. The normalized spacial score (nSPS) is 12.2. The van der Waals surface area contributed by atoms with Gasteiger partial charge in [0.05, 0.1) is 0 Å². The van der Waals surface area contributed by atoms with Crippen LogP contribution in [0, 0.1) is 11.6 Å². The van der Waals surface area contributed by atoms with Crippen LogP contribution in [-0.4, -0.2) is 12.0 Å². The van der Waals surface area contributed by atoms with Crippen LogP contribution >= 0.6 is 0 Å². The van der Waals surface area contributed by atoms with Gasteiger partial charge in [-0.25, -0.2) is 13.8 Å². The highest BCUT2D eigenvalue weighted by atomic mass is 19.1. The average molecular weight is 264 g/mol. The summed E-state index contributed by atoms with van der Waals surface area (Å²) in [5.74, 6) is -1.14. The number of nitrogens with zero attached hydrogens (tertiary/aromatic N) is 1. The van der Waals surface area contributed by atoms with E-state index < -0.39 is 11.6 Å². The van der Waals surface area contributed by atoms with Crippen LogP contribution in [0.2, 0.25) is 0 Å². The molecule has 1 N–H and O–H groups in total. The third kappa shape index (κ3) is 3.26. The first-order valence-electron chi connectivity index (χ1n) is 5.86. The number of pyridine rings is 1. The van der Waals surface area contributed by atoms with Crippen molar-refractivity contribution in [2.24, 2.45) is 0 Å². The van der Waals surface area contributed by atoms with E-state index in [4.69, 9.17) is 4.74 Å². The minimum Gasteiger partial charge on any atom is -0.436 e. The summed E-state index contributed by atoms with van der Waals surface area (Å²) in [4.78, 5) is 3.98. The van der Waals surface area contributed by atoms with E-state index >= 15 is 0 Å². The van der Waals surface area contributed by atoms with Gasteiger partial charge in [0.1, 0.15) is 5.82 Å². The summed E-state index contributed by atoms with van der Waals surface area (Å²) >= 11 is 0. The third-order valence-corrected chi connectivity index (χ3v) is 2.80. The fraction of sp³-hybridized carbons (Fsp3) is 0.214. The molecule has 0 aliphatic carbocycles. The highest BCUT2D eigenvalue weighted by molar-refractivity contribution is 5.31. The zero-order chi connectivity index (χ0) is 13.8. The van der Waals surface area contributed by atoms with Crippen LogP contribution in [0.25, 0.3) is 0 Å². The predicted octanol–water partition coefficient (Wildman–Crippen LogP) is 3.43. The van der Waals surface area contributed by atoms with Crippen LogP contribution < -0.4 is 10.1 Å². The lowest BCUT2D eigenvalue weighted by Crippen LogP contribution is -2.12. The third-order valence-electron chi connectivity index (χ3n) is 2.80. The van der Waals surface area contributed by atoms with Crippen LogP contribution in [0.3, 0.4) is 0 Å². The fourth-order valence-electron chi connectivity index (χ4n) is 1.58. The van der Waals surface area contributed by atoms with Gasteiger partial charge in [-0.05, 0) is 37.7 Å². The van der Waals surface area contributed by atoms with E-state index in [0.717, 1.165) is 23.8 Å². The van der Waals surface area contributed by atoms with Gasteiger partial charge in [0, 0.05) is 24.4 Å². The number of halogens is 2. The van der Waals surface area contributed by atoms with Gasteiger partial charge >= 0.3 is 0 Å². The number of hydrogen-bond donors (Lipinski definition) is 1. The quantitative estimate of drug-likeness (QED) is 0.918. The summed E-state index contributed by atoms with van der Waals surface area (Å²) in [7, 11) is 1.83. The lowest BCUT2D eigenvalue weighted by molar-refractivity contribution is 0.421. The molecular weight excluding hydrogens is 250 g/mol. The average Bonchev–Trinajstić information content (AvgIpc) is 2.42. The summed E-state index contributed by atoms with van der Waals surface area (Å²) in [5, 5.41) is 3.08. The number of hydrogen-bond acceptors (Lipinski definition) is 3. The van der Waals surface area contributed by atoms with Gasteiger partial charge < -0.3 is 10.1 Å². The maximum atomic E-state index is 13.4. The van der Waals surface area contributed by atoms with E-state index in [1.54, 1.807) is 12.3 Å². The standard InChI is InChI=1S/C14H14F2N2O/c1-9(17-2)10-5-6-18-14(7-10)19-13-8-11(15)3-4-12(13)16/h3-9,17H,1-2H3. The minimum atomic E-state index is -0.629. The Kier molecular flexibility index (Phi) is 4.06. The number of aromatic nitrogens is 1. The molecule has 1 atom stereocenters. The smallest absolute Gasteiger partial charge is 0.219 e. The van der Waals surface area contributed by atoms with Crippen molar-refractivity contribution in [3.8, 4) is 11.6 Å². The SMILES string of the molecule is CNC(C)c1ccnc(Oc2cc(F)ccc2F)c1. The van der Waals surface area contributed by atoms with Crippen molar-refractivity contribution in [2.75, 3.05) is 7.05 Å². The van der Waals surface area contributed by atoms with Gasteiger partial charge in [0.15, 0.2) is 11.6 Å². The van der Waals surface area contributed by atoms with Gasteiger partial charge in [-0.1, -0.05) is 0 Å². The zero-order valence-corrected chi connectivity index (χ0v) is 10.7. The Labute approximate surface area is 110 Å². The van der Waals surface area contributed by atoms with Gasteiger partial charge in [-0.2, -0.15) is 0 Å². The largest absolute Gasteiger partial charge is 0.436 e. The van der Waals surface area contributed by atoms with Crippen LogP contribution in [-0.2, 0) is 0 Å². The Morgan fingerprint density at radius 1 is 1.21 bits per heavy atom. The molecular formula is C14H14F2N2O. The molecule has 0 bridgehead atoms. The van der Waals surface area contributed by atoms with Crippen molar-refractivity contribution in [1.29, 1.82) is 0 Å². The molecule has 0 amide bonds. The second-order valence-corrected chi connectivity index (χ2v) is 4.11. The monoisotopic (exact) mass is 264 g/mol. The highest BCUT2D eigenvalue weighted by Crippen LogP contribution is 2.25. The molecule has 0 aliphatic rings. The molecule has 3 nitrogen and oxygen atoms in total. The van der Waals surface area contributed by atoms with Gasteiger partial charge in [0.25, 0.3) is 0 Å². The molecule has 2 aromatic rings. The molecule has 0 fully saturated rings. The molecule has 100 valence electrons. The number of ether oxygens (including phenoxy) is 1. The first kappa shape index (κ1) is 13.4. The molecule has 1 aromatic heterocycles. The van der Waals surface area contributed by atoms with Crippen LogP contribution in [0.5, 0.6) is 11.6 Å². The van der Waals surface area contributed by atoms with Crippen molar-refractivity contribution in [3.05, 3.63) is 53.7 Å². The predicted molar refractivity (Wildman–Crippen MR) is 68.1 cm³/mol. The first-order chi connectivity index (χ1) is 9.10. The van der Waals surface area contributed by atoms with E-state index in [1.165, 1.54) is 0 Å². The summed E-state index contributed by atoms with van der Waals surface area (Å²) in [6.07, 6.45) is 1.57. The zero-order valence-electron chi connectivity index (χ0n) is 10.7. The Balaban J connectivity index is 2.26. The van der Waals surface area contributed by atoms with E-state index in [1.807, 2.05) is 20.0 Å². The molecule has 0 saturated heterocycles. The van der Waals surface area contributed by atoms with E-state index in [2.05, 4.69) is 10.3 Å². The van der Waals surface area contributed by atoms with Crippen molar-refractivity contribution < 1.29 is 13.5 Å². The van der Waals surface area contributed by atoms with Gasteiger partial charge in [0.2, 0.25) is 5.88 Å². The molecule has 0 radical (unpaired) electrons.